The number of nitrogens with one attached hydrogen (secondary N) is 3. The highest BCUT2D eigenvalue weighted by Gasteiger charge is 2.18. The summed E-state index contributed by atoms with van der Waals surface area (Å²) in [6, 6.07) is 2.03. The van der Waals surface area contributed by atoms with Gasteiger partial charge in [-0.05, 0) is 25.0 Å². The summed E-state index contributed by atoms with van der Waals surface area (Å²) in [7, 11) is 0. The molecule has 3 N–H and O–H groups in total. The smallest absolute Gasteiger partial charge is 0.198 e. The van der Waals surface area contributed by atoms with Crippen molar-refractivity contribution >= 4 is 11.8 Å². The van der Waals surface area contributed by atoms with Gasteiger partial charge in [0.15, 0.2) is 5.96 Å². The van der Waals surface area contributed by atoms with Crippen LogP contribution in [0.4, 0.5) is 0 Å². The molecule has 0 spiro atoms. The number of aromatic amines is 1. The Kier molecular flexibility index (Phi) is 4.60. The van der Waals surface area contributed by atoms with E-state index in [1.54, 1.807) is 0 Å². The predicted octanol–water partition coefficient (Wildman–Crippen LogP) is 2.24. The molecule has 0 saturated heterocycles. The second-order valence-electron chi connectivity index (χ2n) is 5.03. The Morgan fingerprint density at radius 1 is 1.47 bits per heavy atom. The number of amidine groups is 1. The fourth-order valence-corrected chi connectivity index (χ4v) is 2.16. The number of aliphatic imine (C=N–C) groups is 2. The number of hydrogen-bond acceptors (Lipinski definition) is 2. The Labute approximate surface area is 114 Å². The predicted molar refractivity (Wildman–Crippen MR) is 79.2 cm³/mol. The maximum atomic E-state index is 4.60. The molecule has 5 nitrogen and oxygen atoms in total. The highest BCUT2D eigenvalue weighted by molar-refractivity contribution is 6.02. The normalized spacial score (nSPS) is 22.6. The van der Waals surface area contributed by atoms with E-state index in [0.717, 1.165) is 18.2 Å². The number of H-pyrrole nitrogens is 1. The Morgan fingerprint density at radius 2 is 2.32 bits per heavy atom. The van der Waals surface area contributed by atoms with Crippen LogP contribution < -0.4 is 10.6 Å². The fraction of sp³-hybridized carbons (Fsp3) is 0.571. The molecule has 1 aromatic rings. The Bertz CT molecular complexity index is 446. The zero-order chi connectivity index (χ0) is 13.7. The van der Waals surface area contributed by atoms with Gasteiger partial charge < -0.3 is 15.6 Å². The first-order chi connectivity index (χ1) is 9.19. The van der Waals surface area contributed by atoms with Gasteiger partial charge in [0.1, 0.15) is 12.0 Å². The van der Waals surface area contributed by atoms with Crippen molar-refractivity contribution in [3.63, 3.8) is 0 Å². The van der Waals surface area contributed by atoms with Gasteiger partial charge in [-0.1, -0.05) is 20.3 Å². The molecule has 1 aliphatic rings. The number of aromatic nitrogens is 1. The van der Waals surface area contributed by atoms with E-state index in [2.05, 4.69) is 39.4 Å². The summed E-state index contributed by atoms with van der Waals surface area (Å²) >= 11 is 0. The molecule has 0 aliphatic carbocycles. The first-order valence-electron chi connectivity index (χ1n) is 6.96. The molecule has 2 heterocycles. The van der Waals surface area contributed by atoms with E-state index in [9.17, 15) is 0 Å². The Hall–Kier alpha value is -1.78. The highest BCUT2D eigenvalue weighted by atomic mass is 15.3. The summed E-state index contributed by atoms with van der Waals surface area (Å²) in [4.78, 5) is 12.2. The molecule has 2 unspecified atom stereocenters. The minimum atomic E-state index is 0.0838. The zero-order valence-corrected chi connectivity index (χ0v) is 11.9. The van der Waals surface area contributed by atoms with Gasteiger partial charge in [0.05, 0.1) is 6.54 Å². The summed E-state index contributed by atoms with van der Waals surface area (Å²) in [6.45, 7) is 7.12. The van der Waals surface area contributed by atoms with Crippen LogP contribution in [0, 0.1) is 5.92 Å². The lowest BCUT2D eigenvalue weighted by molar-refractivity contribution is 0.605. The molecular formula is C14H23N5. The van der Waals surface area contributed by atoms with E-state index in [1.165, 1.54) is 12.0 Å². The topological polar surface area (TPSA) is 64.6 Å². The Balaban J connectivity index is 2.00. The van der Waals surface area contributed by atoms with Crippen molar-refractivity contribution in [2.75, 3.05) is 0 Å². The number of nitrogens with zero attached hydrogens (tertiary/aromatic N) is 2. The van der Waals surface area contributed by atoms with Gasteiger partial charge in [0.25, 0.3) is 0 Å². The van der Waals surface area contributed by atoms with E-state index in [-0.39, 0.29) is 6.17 Å². The lowest BCUT2D eigenvalue weighted by Crippen LogP contribution is -2.51. The van der Waals surface area contributed by atoms with E-state index in [1.807, 2.05) is 25.4 Å². The molecule has 5 heteroatoms. The summed E-state index contributed by atoms with van der Waals surface area (Å²) in [5, 5.41) is 6.56. The highest BCUT2D eigenvalue weighted by Crippen LogP contribution is 2.09. The maximum absolute atomic E-state index is 4.60. The first kappa shape index (κ1) is 13.6. The van der Waals surface area contributed by atoms with Crippen LogP contribution in [0.3, 0.4) is 0 Å². The molecule has 0 radical (unpaired) electrons. The second-order valence-corrected chi connectivity index (χ2v) is 5.03. The Morgan fingerprint density at radius 3 is 3.00 bits per heavy atom. The monoisotopic (exact) mass is 261 g/mol. The minimum absolute atomic E-state index is 0.0838. The molecule has 0 saturated carbocycles. The van der Waals surface area contributed by atoms with Crippen molar-refractivity contribution < 1.29 is 0 Å². The van der Waals surface area contributed by atoms with Crippen molar-refractivity contribution in [3.05, 3.63) is 24.0 Å². The van der Waals surface area contributed by atoms with Crippen molar-refractivity contribution in [2.45, 2.75) is 46.3 Å². The van der Waals surface area contributed by atoms with Crippen molar-refractivity contribution in [2.24, 2.45) is 15.9 Å². The third-order valence-electron chi connectivity index (χ3n) is 3.20. The van der Waals surface area contributed by atoms with Crippen molar-refractivity contribution in [1.82, 2.24) is 15.6 Å². The molecule has 2 rings (SSSR count). The molecule has 0 fully saturated rings. The van der Waals surface area contributed by atoms with Crippen molar-refractivity contribution in [3.8, 4) is 0 Å². The van der Waals surface area contributed by atoms with Gasteiger partial charge in [-0.3, -0.25) is 0 Å². The largest absolute Gasteiger partial charge is 0.367 e. The third-order valence-corrected chi connectivity index (χ3v) is 3.20. The van der Waals surface area contributed by atoms with Crippen LogP contribution in [0.1, 0.15) is 39.2 Å². The van der Waals surface area contributed by atoms with Crippen LogP contribution in [0.5, 0.6) is 0 Å². The minimum Gasteiger partial charge on any atom is -0.367 e. The van der Waals surface area contributed by atoms with E-state index in [4.69, 9.17) is 0 Å². The van der Waals surface area contributed by atoms with Gasteiger partial charge >= 0.3 is 0 Å². The van der Waals surface area contributed by atoms with Crippen LogP contribution in [0.2, 0.25) is 0 Å². The standard InChI is InChI=1S/C14H23N5/c1-4-5-10(2)13-17-11(3)18-14(19-13)16-9-12-6-7-15-8-12/h6-8,10-11,15H,4-5,9H2,1-3H3,(H2,16,17,18,19). The van der Waals surface area contributed by atoms with Crippen LogP contribution in [-0.2, 0) is 6.54 Å². The average molecular weight is 261 g/mol. The molecule has 0 bridgehead atoms. The molecule has 104 valence electrons. The number of hydrogen-bond donors (Lipinski definition) is 3. The molecular weight excluding hydrogens is 238 g/mol. The number of guanidine groups is 1. The zero-order valence-electron chi connectivity index (χ0n) is 11.9. The molecule has 19 heavy (non-hydrogen) atoms. The van der Waals surface area contributed by atoms with Crippen LogP contribution in [-0.4, -0.2) is 22.9 Å². The van der Waals surface area contributed by atoms with Crippen molar-refractivity contribution in [1.29, 1.82) is 0 Å². The summed E-state index contributed by atoms with van der Waals surface area (Å²) in [5.74, 6) is 2.31. The van der Waals surface area contributed by atoms with Gasteiger partial charge in [-0.25, -0.2) is 9.98 Å². The maximum Gasteiger partial charge on any atom is 0.198 e. The lowest BCUT2D eigenvalue weighted by Gasteiger charge is -2.26. The van der Waals surface area contributed by atoms with Gasteiger partial charge in [-0.2, -0.15) is 0 Å². The van der Waals surface area contributed by atoms with Crippen LogP contribution in [0.25, 0.3) is 0 Å². The average Bonchev–Trinajstić information content (AvgIpc) is 2.89. The van der Waals surface area contributed by atoms with E-state index >= 15 is 0 Å². The van der Waals surface area contributed by atoms with Crippen LogP contribution >= 0.6 is 0 Å². The molecule has 2 atom stereocenters. The number of rotatable bonds is 5. The second kappa shape index (κ2) is 6.41. The van der Waals surface area contributed by atoms with Gasteiger partial charge in [0.2, 0.25) is 0 Å². The third kappa shape index (κ3) is 3.84. The molecule has 0 amide bonds. The lowest BCUT2D eigenvalue weighted by atomic mass is 10.0. The fourth-order valence-electron chi connectivity index (χ4n) is 2.16. The van der Waals surface area contributed by atoms with Gasteiger partial charge in [0, 0.05) is 18.3 Å². The molecule has 1 aliphatic heterocycles. The van der Waals surface area contributed by atoms with E-state index < -0.39 is 0 Å². The quantitative estimate of drug-likeness (QED) is 0.761. The van der Waals surface area contributed by atoms with Crippen LogP contribution in [0.15, 0.2) is 28.4 Å². The summed E-state index contributed by atoms with van der Waals surface area (Å²) in [5.41, 5.74) is 1.18. The summed E-state index contributed by atoms with van der Waals surface area (Å²) in [6.07, 6.45) is 6.27. The van der Waals surface area contributed by atoms with E-state index in [0.29, 0.717) is 12.5 Å². The SMILES string of the molecule is CCCC(C)C1=NC(C)NC(=NCc2cc[nH]c2)N1. The summed E-state index contributed by atoms with van der Waals surface area (Å²) < 4.78 is 0. The first-order valence-corrected chi connectivity index (χ1v) is 6.96. The molecule has 1 aromatic heterocycles. The van der Waals surface area contributed by atoms with Gasteiger partial charge in [-0.15, -0.1) is 0 Å². The molecule has 0 aromatic carbocycles.